The monoisotopic (exact) mass is 232 g/mol. The van der Waals surface area contributed by atoms with Gasteiger partial charge in [-0.3, -0.25) is 5.43 Å². The molecular weight excluding hydrogens is 220 g/mol. The van der Waals surface area contributed by atoms with Crippen LogP contribution in [-0.2, 0) is 0 Å². The molecule has 2 heteroatoms. The predicted molar refractivity (Wildman–Crippen MR) is 76.6 cm³/mol. The molecule has 0 radical (unpaired) electrons. The van der Waals surface area contributed by atoms with Crippen LogP contribution in [-0.4, -0.2) is 0 Å². The molecule has 0 fully saturated rings. The molecule has 86 valence electrons. The highest BCUT2D eigenvalue weighted by Gasteiger charge is 2.16. The van der Waals surface area contributed by atoms with E-state index >= 15 is 0 Å². The van der Waals surface area contributed by atoms with Crippen LogP contribution in [0.1, 0.15) is 0 Å². The van der Waals surface area contributed by atoms with Gasteiger partial charge in [-0.25, -0.2) is 0 Å². The van der Waals surface area contributed by atoms with Crippen LogP contribution in [0.25, 0.3) is 21.9 Å². The quantitative estimate of drug-likeness (QED) is 0.605. The van der Waals surface area contributed by atoms with Crippen LogP contribution in [0.15, 0.2) is 60.7 Å². The van der Waals surface area contributed by atoms with E-state index in [4.69, 9.17) is 0 Å². The maximum absolute atomic E-state index is 3.31. The smallest absolute Gasteiger partial charge is 0.0697 e. The van der Waals surface area contributed by atoms with Gasteiger partial charge in [-0.15, -0.1) is 0 Å². The average molecular weight is 232 g/mol. The van der Waals surface area contributed by atoms with E-state index in [0.29, 0.717) is 0 Å². The van der Waals surface area contributed by atoms with Crippen LogP contribution in [0.5, 0.6) is 0 Å². The summed E-state index contributed by atoms with van der Waals surface area (Å²) in [6, 6.07) is 21.1. The van der Waals surface area contributed by atoms with Crippen LogP contribution in [0.3, 0.4) is 0 Å². The van der Waals surface area contributed by atoms with Gasteiger partial charge in [0.2, 0.25) is 0 Å². The van der Waals surface area contributed by atoms with Gasteiger partial charge < -0.3 is 5.43 Å². The molecule has 3 aromatic carbocycles. The van der Waals surface area contributed by atoms with Crippen molar-refractivity contribution in [3.63, 3.8) is 0 Å². The standard InChI is InChI=1S/C16H12N2/c1-2-6-12-11(5-1)9-10-14-13-7-3-4-8-15(13)17-18-16(12)14/h1-10,17-18H. The Hall–Kier alpha value is -2.48. The number of hydrogen-bond donors (Lipinski definition) is 2. The highest BCUT2D eigenvalue weighted by molar-refractivity contribution is 6.05. The Morgan fingerprint density at radius 3 is 2.44 bits per heavy atom. The van der Waals surface area contributed by atoms with Gasteiger partial charge in [0.1, 0.15) is 0 Å². The Kier molecular flexibility index (Phi) is 1.86. The van der Waals surface area contributed by atoms with Crippen molar-refractivity contribution in [3.8, 4) is 11.1 Å². The largest absolute Gasteiger partial charge is 0.300 e. The molecule has 3 aromatic rings. The van der Waals surface area contributed by atoms with E-state index in [1.165, 1.54) is 21.9 Å². The lowest BCUT2D eigenvalue weighted by molar-refractivity contribution is 1.39. The molecule has 1 aliphatic heterocycles. The van der Waals surface area contributed by atoms with Crippen molar-refractivity contribution >= 4 is 22.1 Å². The lowest BCUT2D eigenvalue weighted by Gasteiger charge is -2.24. The zero-order valence-electron chi connectivity index (χ0n) is 9.77. The number of para-hydroxylation sites is 1. The molecule has 0 aromatic heterocycles. The van der Waals surface area contributed by atoms with Gasteiger partial charge in [-0.2, -0.15) is 0 Å². The predicted octanol–water partition coefficient (Wildman–Crippen LogP) is 4.26. The summed E-state index contributed by atoms with van der Waals surface area (Å²) in [5, 5.41) is 2.50. The summed E-state index contributed by atoms with van der Waals surface area (Å²) in [6.07, 6.45) is 0. The lowest BCUT2D eigenvalue weighted by atomic mass is 9.96. The number of hydrazine groups is 1. The molecule has 0 bridgehead atoms. The molecule has 0 atom stereocenters. The topological polar surface area (TPSA) is 24.1 Å². The molecule has 0 saturated carbocycles. The molecule has 18 heavy (non-hydrogen) atoms. The Morgan fingerprint density at radius 2 is 1.44 bits per heavy atom. The first-order valence-corrected chi connectivity index (χ1v) is 6.07. The van der Waals surface area contributed by atoms with Crippen molar-refractivity contribution in [1.82, 2.24) is 0 Å². The molecule has 1 heterocycles. The highest BCUT2D eigenvalue weighted by atomic mass is 15.4. The molecule has 0 aliphatic carbocycles. The van der Waals surface area contributed by atoms with Crippen LogP contribution in [0.4, 0.5) is 11.4 Å². The average Bonchev–Trinajstić information content (AvgIpc) is 2.46. The maximum Gasteiger partial charge on any atom is 0.0697 e. The van der Waals surface area contributed by atoms with Crippen LogP contribution >= 0.6 is 0 Å². The molecule has 1 aliphatic rings. The lowest BCUT2D eigenvalue weighted by Crippen LogP contribution is -2.15. The van der Waals surface area contributed by atoms with E-state index in [0.717, 1.165) is 11.4 Å². The first-order chi connectivity index (χ1) is 8.93. The summed E-state index contributed by atoms with van der Waals surface area (Å²) >= 11 is 0. The second kappa shape index (κ2) is 3.50. The van der Waals surface area contributed by atoms with Gasteiger partial charge in [0.15, 0.2) is 0 Å². The SMILES string of the molecule is c1ccc2c(c1)NNc1c-2ccc2ccccc12. The first kappa shape index (κ1) is 9.54. The van der Waals surface area contributed by atoms with Crippen molar-refractivity contribution in [2.24, 2.45) is 0 Å². The van der Waals surface area contributed by atoms with Gasteiger partial charge in [0.05, 0.1) is 11.4 Å². The third kappa shape index (κ3) is 1.23. The normalized spacial score (nSPS) is 12.2. The minimum absolute atomic E-state index is 1.13. The van der Waals surface area contributed by atoms with Crippen molar-refractivity contribution < 1.29 is 0 Å². The van der Waals surface area contributed by atoms with Gasteiger partial charge in [0, 0.05) is 16.5 Å². The number of fused-ring (bicyclic) bond motifs is 5. The molecule has 2 N–H and O–H groups in total. The molecule has 2 nitrogen and oxygen atoms in total. The summed E-state index contributed by atoms with van der Waals surface area (Å²) in [5.74, 6) is 0. The minimum atomic E-state index is 1.13. The third-order valence-electron chi connectivity index (χ3n) is 3.47. The first-order valence-electron chi connectivity index (χ1n) is 6.07. The van der Waals surface area contributed by atoms with E-state index in [1.807, 2.05) is 6.07 Å². The van der Waals surface area contributed by atoms with E-state index in [-0.39, 0.29) is 0 Å². The summed E-state index contributed by atoms with van der Waals surface area (Å²) in [6.45, 7) is 0. The molecule has 0 amide bonds. The maximum atomic E-state index is 3.31. The molecular formula is C16H12N2. The zero-order valence-corrected chi connectivity index (χ0v) is 9.77. The summed E-state index contributed by atoms with van der Waals surface area (Å²) < 4.78 is 0. The van der Waals surface area contributed by atoms with E-state index in [1.54, 1.807) is 0 Å². The Labute approximate surface area is 105 Å². The second-order valence-corrected chi connectivity index (χ2v) is 4.50. The van der Waals surface area contributed by atoms with Gasteiger partial charge >= 0.3 is 0 Å². The van der Waals surface area contributed by atoms with Gasteiger partial charge in [0.25, 0.3) is 0 Å². The molecule has 4 rings (SSSR count). The minimum Gasteiger partial charge on any atom is -0.300 e. The fourth-order valence-electron chi connectivity index (χ4n) is 2.59. The van der Waals surface area contributed by atoms with Crippen molar-refractivity contribution in [1.29, 1.82) is 0 Å². The number of anilines is 2. The summed E-state index contributed by atoms with van der Waals surface area (Å²) in [7, 11) is 0. The summed E-state index contributed by atoms with van der Waals surface area (Å²) in [4.78, 5) is 0. The fourth-order valence-corrected chi connectivity index (χ4v) is 2.59. The molecule has 0 spiro atoms. The van der Waals surface area contributed by atoms with Crippen molar-refractivity contribution in [3.05, 3.63) is 60.7 Å². The number of hydrogen-bond acceptors (Lipinski definition) is 2. The molecule has 0 saturated heterocycles. The van der Waals surface area contributed by atoms with E-state index in [2.05, 4.69) is 65.4 Å². The number of rotatable bonds is 0. The summed E-state index contributed by atoms with van der Waals surface area (Å²) in [5.41, 5.74) is 11.4. The van der Waals surface area contributed by atoms with Crippen molar-refractivity contribution in [2.75, 3.05) is 10.9 Å². The Morgan fingerprint density at radius 1 is 0.611 bits per heavy atom. The van der Waals surface area contributed by atoms with E-state index < -0.39 is 0 Å². The van der Waals surface area contributed by atoms with Crippen LogP contribution < -0.4 is 10.9 Å². The zero-order chi connectivity index (χ0) is 11.9. The fraction of sp³-hybridized carbons (Fsp3) is 0. The van der Waals surface area contributed by atoms with Crippen molar-refractivity contribution in [2.45, 2.75) is 0 Å². The van der Waals surface area contributed by atoms with Crippen LogP contribution in [0, 0.1) is 0 Å². The van der Waals surface area contributed by atoms with E-state index in [9.17, 15) is 0 Å². The van der Waals surface area contributed by atoms with Gasteiger partial charge in [-0.1, -0.05) is 54.6 Å². The Balaban J connectivity index is 2.09. The van der Waals surface area contributed by atoms with Gasteiger partial charge in [-0.05, 0) is 11.5 Å². The highest BCUT2D eigenvalue weighted by Crippen LogP contribution is 2.40. The number of nitrogens with one attached hydrogen (secondary N) is 2. The Bertz CT molecular complexity index is 747. The third-order valence-corrected chi connectivity index (χ3v) is 3.47. The second-order valence-electron chi connectivity index (χ2n) is 4.50. The molecule has 0 unspecified atom stereocenters. The number of benzene rings is 3. The van der Waals surface area contributed by atoms with Crippen LogP contribution in [0.2, 0.25) is 0 Å².